The van der Waals surface area contributed by atoms with Gasteiger partial charge in [-0.05, 0) is 54.2 Å². The zero-order valence-corrected chi connectivity index (χ0v) is 15.5. The number of carbonyl (C=O) groups is 1. The van der Waals surface area contributed by atoms with Gasteiger partial charge in [0.1, 0.15) is 5.75 Å². The molecule has 2 heterocycles. The first kappa shape index (κ1) is 17.4. The van der Waals surface area contributed by atoms with Crippen molar-refractivity contribution in [3.05, 3.63) is 71.9 Å². The van der Waals surface area contributed by atoms with Gasteiger partial charge in [-0.3, -0.25) is 4.79 Å². The van der Waals surface area contributed by atoms with Crippen LogP contribution in [-0.2, 0) is 4.79 Å². The van der Waals surface area contributed by atoms with E-state index in [0.717, 1.165) is 37.2 Å². The highest BCUT2D eigenvalue weighted by Gasteiger charge is 2.24. The number of fused-ring (bicyclic) bond motifs is 1. The van der Waals surface area contributed by atoms with Crippen molar-refractivity contribution >= 4 is 22.9 Å². The van der Waals surface area contributed by atoms with E-state index in [1.807, 2.05) is 35.2 Å². The SMILES string of the molecule is COc1cccc(/C=C/C(=O)N2CCC(c3c[nH]c4ccccc34)CC2)c1. The van der Waals surface area contributed by atoms with Gasteiger partial charge >= 0.3 is 0 Å². The molecule has 0 radical (unpaired) electrons. The molecule has 1 fully saturated rings. The predicted molar refractivity (Wildman–Crippen MR) is 109 cm³/mol. The van der Waals surface area contributed by atoms with Crippen molar-refractivity contribution in [1.82, 2.24) is 9.88 Å². The van der Waals surface area contributed by atoms with Crippen LogP contribution in [0, 0.1) is 0 Å². The molecule has 0 spiro atoms. The molecule has 3 aromatic rings. The van der Waals surface area contributed by atoms with Crippen LogP contribution < -0.4 is 4.74 Å². The molecule has 1 saturated heterocycles. The summed E-state index contributed by atoms with van der Waals surface area (Å²) in [6.07, 6.45) is 7.66. The van der Waals surface area contributed by atoms with Gasteiger partial charge in [-0.15, -0.1) is 0 Å². The Balaban J connectivity index is 1.38. The van der Waals surface area contributed by atoms with E-state index in [1.54, 1.807) is 13.2 Å². The molecule has 4 heteroatoms. The molecule has 1 aliphatic rings. The first-order valence-electron chi connectivity index (χ1n) is 9.41. The van der Waals surface area contributed by atoms with Gasteiger partial charge in [0, 0.05) is 36.3 Å². The normalized spacial score (nSPS) is 15.5. The number of amides is 1. The number of nitrogens with one attached hydrogen (secondary N) is 1. The maximum atomic E-state index is 12.5. The van der Waals surface area contributed by atoms with E-state index in [-0.39, 0.29) is 5.91 Å². The van der Waals surface area contributed by atoms with Crippen LogP contribution >= 0.6 is 0 Å². The summed E-state index contributed by atoms with van der Waals surface area (Å²) in [5, 5.41) is 1.31. The molecule has 0 saturated carbocycles. The zero-order valence-electron chi connectivity index (χ0n) is 15.5. The lowest BCUT2D eigenvalue weighted by Gasteiger charge is -2.31. The highest BCUT2D eigenvalue weighted by molar-refractivity contribution is 5.92. The summed E-state index contributed by atoms with van der Waals surface area (Å²) >= 11 is 0. The largest absolute Gasteiger partial charge is 0.497 e. The van der Waals surface area contributed by atoms with Crippen molar-refractivity contribution in [2.24, 2.45) is 0 Å². The first-order valence-corrected chi connectivity index (χ1v) is 9.41. The van der Waals surface area contributed by atoms with E-state index in [2.05, 4.69) is 35.4 Å². The van der Waals surface area contributed by atoms with E-state index in [9.17, 15) is 4.79 Å². The minimum absolute atomic E-state index is 0.0789. The minimum atomic E-state index is 0.0789. The summed E-state index contributed by atoms with van der Waals surface area (Å²) in [5.74, 6) is 1.38. The molecule has 1 N–H and O–H groups in total. The zero-order chi connectivity index (χ0) is 18.6. The number of ether oxygens (including phenoxy) is 1. The maximum absolute atomic E-state index is 12.5. The fourth-order valence-electron chi connectivity index (χ4n) is 3.86. The Hall–Kier alpha value is -3.01. The Morgan fingerprint density at radius 1 is 1.15 bits per heavy atom. The Bertz CT molecular complexity index is 965. The molecule has 4 rings (SSSR count). The average molecular weight is 360 g/mol. The number of likely N-dealkylation sites (tertiary alicyclic amines) is 1. The van der Waals surface area contributed by atoms with Gasteiger partial charge in [0.05, 0.1) is 7.11 Å². The Morgan fingerprint density at radius 3 is 2.78 bits per heavy atom. The number of aromatic amines is 1. The van der Waals surface area contributed by atoms with Crippen molar-refractivity contribution in [2.45, 2.75) is 18.8 Å². The second-order valence-electron chi connectivity index (χ2n) is 7.00. The third kappa shape index (κ3) is 3.75. The number of nitrogens with zero attached hydrogens (tertiary/aromatic N) is 1. The molecular formula is C23H24N2O2. The summed E-state index contributed by atoms with van der Waals surface area (Å²) in [5.41, 5.74) is 3.54. The highest BCUT2D eigenvalue weighted by atomic mass is 16.5. The molecule has 2 aromatic carbocycles. The van der Waals surface area contributed by atoms with E-state index in [0.29, 0.717) is 5.92 Å². The van der Waals surface area contributed by atoms with E-state index >= 15 is 0 Å². The summed E-state index contributed by atoms with van der Waals surface area (Å²) in [6.45, 7) is 1.59. The fourth-order valence-corrected chi connectivity index (χ4v) is 3.86. The lowest BCUT2D eigenvalue weighted by molar-refractivity contribution is -0.126. The van der Waals surface area contributed by atoms with Gasteiger partial charge in [0.15, 0.2) is 0 Å². The van der Waals surface area contributed by atoms with Crippen LogP contribution in [-0.4, -0.2) is 36.0 Å². The van der Waals surface area contributed by atoms with Crippen LogP contribution in [0.4, 0.5) is 0 Å². The van der Waals surface area contributed by atoms with Crippen molar-refractivity contribution in [3.8, 4) is 5.75 Å². The molecule has 0 aliphatic carbocycles. The summed E-state index contributed by atoms with van der Waals surface area (Å²) in [4.78, 5) is 17.8. The van der Waals surface area contributed by atoms with Gasteiger partial charge in [0.2, 0.25) is 5.91 Å². The first-order chi connectivity index (χ1) is 13.2. The van der Waals surface area contributed by atoms with E-state index in [4.69, 9.17) is 4.74 Å². The quantitative estimate of drug-likeness (QED) is 0.691. The van der Waals surface area contributed by atoms with Gasteiger partial charge in [-0.25, -0.2) is 0 Å². The average Bonchev–Trinajstić information content (AvgIpc) is 3.16. The third-order valence-electron chi connectivity index (χ3n) is 5.38. The van der Waals surface area contributed by atoms with Crippen molar-refractivity contribution in [2.75, 3.05) is 20.2 Å². The molecule has 138 valence electrons. The molecule has 0 bridgehead atoms. The molecule has 27 heavy (non-hydrogen) atoms. The maximum Gasteiger partial charge on any atom is 0.246 e. The van der Waals surface area contributed by atoms with Gasteiger partial charge in [-0.1, -0.05) is 30.3 Å². The molecule has 1 amide bonds. The molecule has 1 aliphatic heterocycles. The smallest absolute Gasteiger partial charge is 0.246 e. The number of hydrogen-bond acceptors (Lipinski definition) is 2. The van der Waals surface area contributed by atoms with Crippen LogP contribution in [0.2, 0.25) is 0 Å². The summed E-state index contributed by atoms with van der Waals surface area (Å²) < 4.78 is 5.22. The van der Waals surface area contributed by atoms with Crippen LogP contribution in [0.25, 0.3) is 17.0 Å². The highest BCUT2D eigenvalue weighted by Crippen LogP contribution is 2.33. The number of benzene rings is 2. The third-order valence-corrected chi connectivity index (χ3v) is 5.38. The van der Waals surface area contributed by atoms with Crippen LogP contribution in [0.15, 0.2) is 60.8 Å². The Morgan fingerprint density at radius 2 is 1.96 bits per heavy atom. The van der Waals surface area contributed by atoms with Crippen LogP contribution in [0.3, 0.4) is 0 Å². The molecule has 0 unspecified atom stereocenters. The number of carbonyl (C=O) groups excluding carboxylic acids is 1. The van der Waals surface area contributed by atoms with Crippen LogP contribution in [0.1, 0.15) is 29.9 Å². The standard InChI is InChI=1S/C23H24N2O2/c1-27-19-6-4-5-17(15-19)9-10-23(26)25-13-11-18(12-14-25)21-16-24-22-8-3-2-7-20(21)22/h2-10,15-16,18,24H,11-14H2,1H3/b10-9+. The Kier molecular flexibility index (Phi) is 4.97. The second-order valence-corrected chi connectivity index (χ2v) is 7.00. The number of H-pyrrole nitrogens is 1. The monoisotopic (exact) mass is 360 g/mol. The lowest BCUT2D eigenvalue weighted by atomic mass is 9.89. The van der Waals surface area contributed by atoms with Crippen molar-refractivity contribution in [1.29, 1.82) is 0 Å². The summed E-state index contributed by atoms with van der Waals surface area (Å²) in [7, 11) is 1.64. The molecular weight excluding hydrogens is 336 g/mol. The molecule has 4 nitrogen and oxygen atoms in total. The van der Waals surface area contributed by atoms with Crippen LogP contribution in [0.5, 0.6) is 5.75 Å². The second kappa shape index (κ2) is 7.70. The van der Waals surface area contributed by atoms with Gasteiger partial charge in [0.25, 0.3) is 0 Å². The number of rotatable bonds is 4. The number of para-hydroxylation sites is 1. The topological polar surface area (TPSA) is 45.3 Å². The summed E-state index contributed by atoms with van der Waals surface area (Å²) in [6, 6.07) is 16.1. The number of hydrogen-bond donors (Lipinski definition) is 1. The fraction of sp³-hybridized carbons (Fsp3) is 0.261. The Labute approximate surface area is 159 Å². The number of piperidine rings is 1. The lowest BCUT2D eigenvalue weighted by Crippen LogP contribution is -2.36. The molecule has 1 aromatic heterocycles. The number of aromatic nitrogens is 1. The van der Waals surface area contributed by atoms with E-state index in [1.165, 1.54) is 16.5 Å². The van der Waals surface area contributed by atoms with Gasteiger partial charge < -0.3 is 14.6 Å². The van der Waals surface area contributed by atoms with Gasteiger partial charge in [-0.2, -0.15) is 0 Å². The predicted octanol–water partition coefficient (Wildman–Crippen LogP) is 4.60. The molecule has 0 atom stereocenters. The minimum Gasteiger partial charge on any atom is -0.497 e. The van der Waals surface area contributed by atoms with Crippen molar-refractivity contribution < 1.29 is 9.53 Å². The van der Waals surface area contributed by atoms with E-state index < -0.39 is 0 Å². The van der Waals surface area contributed by atoms with Crippen molar-refractivity contribution in [3.63, 3.8) is 0 Å². The number of methoxy groups -OCH3 is 1.